The van der Waals surface area contributed by atoms with Gasteiger partial charge in [-0.25, -0.2) is 0 Å². The molecule has 0 nitrogen and oxygen atoms in total. The summed E-state index contributed by atoms with van der Waals surface area (Å²) in [6.45, 7) is 3.69. The van der Waals surface area contributed by atoms with E-state index in [2.05, 4.69) is 19.1 Å². The minimum absolute atomic E-state index is 1.26. The molecular weight excluding hydrogens is 120 g/mol. The Hall–Kier alpha value is -0.520. The van der Waals surface area contributed by atoms with Crippen LogP contribution in [0.3, 0.4) is 0 Å². The van der Waals surface area contributed by atoms with Crippen molar-refractivity contribution in [1.29, 1.82) is 0 Å². The highest BCUT2D eigenvalue weighted by Crippen LogP contribution is 2.18. The third-order valence-corrected chi connectivity index (χ3v) is 1.91. The average molecular weight is 135 g/mol. The summed E-state index contributed by atoms with van der Waals surface area (Å²) in [5.74, 6) is 0. The Kier molecular flexibility index (Phi) is 3.28. The third-order valence-electron chi connectivity index (χ3n) is 1.91. The fourth-order valence-corrected chi connectivity index (χ4v) is 1.34. The van der Waals surface area contributed by atoms with E-state index in [1.54, 1.807) is 0 Å². The minimum Gasteiger partial charge on any atom is -0.102 e. The summed E-state index contributed by atoms with van der Waals surface area (Å²) in [6.07, 6.45) is 13.0. The summed E-state index contributed by atoms with van der Waals surface area (Å²) >= 11 is 0. The van der Waals surface area contributed by atoms with E-state index in [1.807, 2.05) is 6.08 Å². The highest BCUT2D eigenvalue weighted by molar-refractivity contribution is 5.20. The first-order chi connectivity index (χ1) is 4.93. The molecule has 0 aliphatic heterocycles. The maximum atomic E-state index is 3.69. The minimum atomic E-state index is 1.26. The highest BCUT2D eigenvalue weighted by Gasteiger charge is 1.99. The van der Waals surface area contributed by atoms with Gasteiger partial charge in [-0.2, -0.15) is 0 Å². The van der Waals surface area contributed by atoms with Gasteiger partial charge in [0.1, 0.15) is 0 Å². The standard InChI is InChI=1S/C10H15/c1-2-7-10-8-5-3-4-6-9-10/h2,7-8H,1,3-6,9H2. The van der Waals surface area contributed by atoms with Gasteiger partial charge >= 0.3 is 0 Å². The zero-order valence-electron chi connectivity index (χ0n) is 6.47. The summed E-state index contributed by atoms with van der Waals surface area (Å²) in [5, 5.41) is 0. The molecule has 0 aromatic rings. The maximum absolute atomic E-state index is 3.69. The van der Waals surface area contributed by atoms with Gasteiger partial charge in [0.25, 0.3) is 0 Å². The number of rotatable bonds is 2. The average Bonchev–Trinajstić information content (AvgIpc) is 2.17. The lowest BCUT2D eigenvalue weighted by atomic mass is 10.1. The summed E-state index contributed by atoms with van der Waals surface area (Å²) in [7, 11) is 0. The molecular formula is C10H15. The lowest BCUT2D eigenvalue weighted by Crippen LogP contribution is -1.79. The van der Waals surface area contributed by atoms with Crippen molar-refractivity contribution in [2.45, 2.75) is 32.1 Å². The SMILES string of the molecule is C=C[CH]C1=CCCCCC1. The molecule has 0 spiro atoms. The van der Waals surface area contributed by atoms with Crippen LogP contribution in [0.1, 0.15) is 32.1 Å². The first-order valence-electron chi connectivity index (χ1n) is 4.08. The van der Waals surface area contributed by atoms with Crippen LogP contribution in [-0.4, -0.2) is 0 Å². The molecule has 0 unspecified atom stereocenters. The van der Waals surface area contributed by atoms with Gasteiger partial charge in [0.15, 0.2) is 0 Å². The zero-order valence-corrected chi connectivity index (χ0v) is 6.47. The van der Waals surface area contributed by atoms with Crippen molar-refractivity contribution in [3.8, 4) is 0 Å². The lowest BCUT2D eigenvalue weighted by molar-refractivity contribution is 0.712. The summed E-state index contributed by atoms with van der Waals surface area (Å²) in [6, 6.07) is 0. The molecule has 0 saturated heterocycles. The molecule has 0 bridgehead atoms. The Morgan fingerprint density at radius 2 is 2.20 bits per heavy atom. The molecule has 0 aromatic carbocycles. The van der Waals surface area contributed by atoms with E-state index in [-0.39, 0.29) is 0 Å². The molecule has 0 amide bonds. The van der Waals surface area contributed by atoms with Crippen molar-refractivity contribution >= 4 is 0 Å². The van der Waals surface area contributed by atoms with E-state index in [0.29, 0.717) is 0 Å². The Bertz CT molecular complexity index is 131. The topological polar surface area (TPSA) is 0 Å². The summed E-state index contributed by atoms with van der Waals surface area (Å²) in [5.41, 5.74) is 1.48. The molecule has 10 heavy (non-hydrogen) atoms. The van der Waals surface area contributed by atoms with E-state index in [0.717, 1.165) is 0 Å². The van der Waals surface area contributed by atoms with Crippen molar-refractivity contribution in [3.63, 3.8) is 0 Å². The number of allylic oxidation sites excluding steroid dienone is 3. The van der Waals surface area contributed by atoms with Gasteiger partial charge in [0, 0.05) is 6.42 Å². The van der Waals surface area contributed by atoms with Crippen LogP contribution >= 0.6 is 0 Å². The van der Waals surface area contributed by atoms with Gasteiger partial charge in [-0.3, -0.25) is 0 Å². The van der Waals surface area contributed by atoms with E-state index in [9.17, 15) is 0 Å². The van der Waals surface area contributed by atoms with Crippen LogP contribution in [-0.2, 0) is 0 Å². The van der Waals surface area contributed by atoms with Crippen molar-refractivity contribution in [2.75, 3.05) is 0 Å². The molecule has 1 radical (unpaired) electrons. The van der Waals surface area contributed by atoms with E-state index in [4.69, 9.17) is 0 Å². The van der Waals surface area contributed by atoms with E-state index < -0.39 is 0 Å². The number of hydrogen-bond acceptors (Lipinski definition) is 0. The van der Waals surface area contributed by atoms with Crippen LogP contribution in [0.5, 0.6) is 0 Å². The summed E-state index contributed by atoms with van der Waals surface area (Å²) < 4.78 is 0. The molecule has 55 valence electrons. The predicted molar refractivity (Wildman–Crippen MR) is 45.7 cm³/mol. The molecule has 0 N–H and O–H groups in total. The first-order valence-corrected chi connectivity index (χ1v) is 4.08. The molecule has 0 heteroatoms. The van der Waals surface area contributed by atoms with Crippen molar-refractivity contribution in [1.82, 2.24) is 0 Å². The summed E-state index contributed by atoms with van der Waals surface area (Å²) in [4.78, 5) is 0. The Morgan fingerprint density at radius 3 is 3.00 bits per heavy atom. The second kappa shape index (κ2) is 4.32. The zero-order chi connectivity index (χ0) is 7.23. The third kappa shape index (κ3) is 2.38. The first kappa shape index (κ1) is 7.59. The van der Waals surface area contributed by atoms with Crippen LogP contribution in [0.4, 0.5) is 0 Å². The van der Waals surface area contributed by atoms with Crippen LogP contribution in [0.25, 0.3) is 0 Å². The van der Waals surface area contributed by atoms with E-state index in [1.165, 1.54) is 37.7 Å². The maximum Gasteiger partial charge on any atom is 0.00742 e. The fourth-order valence-electron chi connectivity index (χ4n) is 1.34. The van der Waals surface area contributed by atoms with Crippen LogP contribution in [0.2, 0.25) is 0 Å². The van der Waals surface area contributed by atoms with Gasteiger partial charge in [0.2, 0.25) is 0 Å². The van der Waals surface area contributed by atoms with Crippen molar-refractivity contribution in [3.05, 3.63) is 30.7 Å². The van der Waals surface area contributed by atoms with Gasteiger partial charge in [-0.1, -0.05) is 24.1 Å². The Labute approximate surface area is 63.6 Å². The molecule has 0 heterocycles. The predicted octanol–water partition coefficient (Wildman–Crippen LogP) is 3.27. The fraction of sp³-hybridized carbons (Fsp3) is 0.500. The van der Waals surface area contributed by atoms with Crippen LogP contribution in [0.15, 0.2) is 24.3 Å². The molecule has 0 atom stereocenters. The quantitative estimate of drug-likeness (QED) is 0.545. The Morgan fingerprint density at radius 1 is 1.30 bits per heavy atom. The number of hydrogen-bond donors (Lipinski definition) is 0. The van der Waals surface area contributed by atoms with Crippen molar-refractivity contribution in [2.24, 2.45) is 0 Å². The van der Waals surface area contributed by atoms with Gasteiger partial charge in [-0.15, -0.1) is 6.58 Å². The largest absolute Gasteiger partial charge is 0.102 e. The van der Waals surface area contributed by atoms with Gasteiger partial charge in [0.05, 0.1) is 0 Å². The van der Waals surface area contributed by atoms with Crippen LogP contribution < -0.4 is 0 Å². The van der Waals surface area contributed by atoms with Crippen molar-refractivity contribution < 1.29 is 0 Å². The Balaban J connectivity index is 2.38. The normalized spacial score (nSPS) is 19.4. The monoisotopic (exact) mass is 135 g/mol. The second-order valence-electron chi connectivity index (χ2n) is 2.78. The molecule has 1 rings (SSSR count). The smallest absolute Gasteiger partial charge is 0.00742 e. The second-order valence-corrected chi connectivity index (χ2v) is 2.78. The van der Waals surface area contributed by atoms with Gasteiger partial charge in [-0.05, 0) is 25.7 Å². The molecule has 1 aliphatic carbocycles. The molecule has 0 aromatic heterocycles. The van der Waals surface area contributed by atoms with E-state index >= 15 is 0 Å². The molecule has 0 fully saturated rings. The van der Waals surface area contributed by atoms with Crippen LogP contribution in [0, 0.1) is 6.42 Å². The molecule has 0 saturated carbocycles. The lowest BCUT2D eigenvalue weighted by Gasteiger charge is -1.97. The molecule has 1 aliphatic rings. The van der Waals surface area contributed by atoms with Gasteiger partial charge < -0.3 is 0 Å². The highest BCUT2D eigenvalue weighted by atomic mass is 14.1.